The second-order valence-corrected chi connectivity index (χ2v) is 5.37. The topological polar surface area (TPSA) is 24.5 Å². The number of nitrogens with zero attached hydrogens (tertiary/aromatic N) is 1. The molecule has 0 radical (unpaired) electrons. The summed E-state index contributed by atoms with van der Waals surface area (Å²) in [6.45, 7) is 4.48. The first-order valence-electron chi connectivity index (χ1n) is 7.36. The Hall–Kier alpha value is -2.00. The lowest BCUT2D eigenvalue weighted by atomic mass is 10.1. The van der Waals surface area contributed by atoms with Gasteiger partial charge in [-0.3, -0.25) is 0 Å². The molecule has 0 heterocycles. The monoisotopic (exact) mass is 284 g/mol. The summed E-state index contributed by atoms with van der Waals surface area (Å²) in [6.07, 6.45) is 0. The van der Waals surface area contributed by atoms with Crippen LogP contribution >= 0.6 is 0 Å². The summed E-state index contributed by atoms with van der Waals surface area (Å²) in [5.41, 5.74) is 3.72. The van der Waals surface area contributed by atoms with E-state index in [1.807, 2.05) is 19.1 Å². The molecule has 0 unspecified atom stereocenters. The van der Waals surface area contributed by atoms with Crippen LogP contribution < -0.4 is 10.1 Å². The minimum Gasteiger partial charge on any atom is -0.494 e. The average Bonchev–Trinajstić information content (AvgIpc) is 2.47. The van der Waals surface area contributed by atoms with Gasteiger partial charge in [0, 0.05) is 18.8 Å². The van der Waals surface area contributed by atoms with Crippen LogP contribution in [0.3, 0.4) is 0 Å². The Kier molecular flexibility index (Phi) is 5.64. The molecule has 0 aliphatic heterocycles. The number of anilines is 1. The molecule has 0 atom stereocenters. The highest BCUT2D eigenvalue weighted by molar-refractivity contribution is 5.46. The molecule has 0 saturated carbocycles. The van der Waals surface area contributed by atoms with Crippen LogP contribution in [0.15, 0.2) is 48.5 Å². The number of ether oxygens (including phenoxy) is 1. The first kappa shape index (κ1) is 15.4. The van der Waals surface area contributed by atoms with Crippen LogP contribution in [-0.4, -0.2) is 25.6 Å². The normalized spacial score (nSPS) is 10.7. The molecule has 2 aromatic carbocycles. The van der Waals surface area contributed by atoms with Crippen molar-refractivity contribution in [1.29, 1.82) is 0 Å². The predicted octanol–water partition coefficient (Wildman–Crippen LogP) is 3.76. The van der Waals surface area contributed by atoms with Crippen LogP contribution in [0, 0.1) is 0 Å². The van der Waals surface area contributed by atoms with Crippen LogP contribution in [0.1, 0.15) is 18.1 Å². The molecule has 1 N–H and O–H groups in total. The summed E-state index contributed by atoms with van der Waals surface area (Å²) in [6, 6.07) is 16.8. The van der Waals surface area contributed by atoms with Crippen LogP contribution in [0.5, 0.6) is 5.75 Å². The maximum absolute atomic E-state index is 5.45. The molecule has 0 aromatic heterocycles. The second-order valence-electron chi connectivity index (χ2n) is 5.37. The van der Waals surface area contributed by atoms with E-state index in [-0.39, 0.29) is 0 Å². The van der Waals surface area contributed by atoms with Crippen molar-refractivity contribution in [2.75, 3.05) is 26.0 Å². The lowest BCUT2D eigenvalue weighted by Gasteiger charge is -2.12. The smallest absolute Gasteiger partial charge is 0.119 e. The van der Waals surface area contributed by atoms with E-state index in [0.29, 0.717) is 6.61 Å². The second kappa shape index (κ2) is 7.70. The van der Waals surface area contributed by atoms with Gasteiger partial charge < -0.3 is 15.0 Å². The molecule has 2 rings (SSSR count). The van der Waals surface area contributed by atoms with Gasteiger partial charge in [0.15, 0.2) is 0 Å². The first-order valence-corrected chi connectivity index (χ1v) is 7.36. The number of rotatable bonds is 7. The van der Waals surface area contributed by atoms with Crippen molar-refractivity contribution in [3.63, 3.8) is 0 Å². The van der Waals surface area contributed by atoms with E-state index in [2.05, 4.69) is 60.7 Å². The van der Waals surface area contributed by atoms with E-state index in [4.69, 9.17) is 4.74 Å². The van der Waals surface area contributed by atoms with Crippen molar-refractivity contribution < 1.29 is 4.74 Å². The van der Waals surface area contributed by atoms with Gasteiger partial charge in [-0.05, 0) is 56.4 Å². The van der Waals surface area contributed by atoms with Crippen LogP contribution in [0.2, 0.25) is 0 Å². The summed E-state index contributed by atoms with van der Waals surface area (Å²) >= 11 is 0. The summed E-state index contributed by atoms with van der Waals surface area (Å²) in [4.78, 5) is 2.17. The molecule has 0 aliphatic rings. The molecule has 21 heavy (non-hydrogen) atoms. The fraction of sp³-hybridized carbons (Fsp3) is 0.333. The van der Waals surface area contributed by atoms with E-state index < -0.39 is 0 Å². The Morgan fingerprint density at radius 3 is 2.43 bits per heavy atom. The van der Waals surface area contributed by atoms with Crippen LogP contribution in [0.25, 0.3) is 0 Å². The first-order chi connectivity index (χ1) is 10.2. The molecular weight excluding hydrogens is 260 g/mol. The van der Waals surface area contributed by atoms with Crippen molar-refractivity contribution in [2.24, 2.45) is 0 Å². The molecule has 3 nitrogen and oxygen atoms in total. The Morgan fingerprint density at radius 2 is 1.76 bits per heavy atom. The van der Waals surface area contributed by atoms with E-state index in [0.717, 1.165) is 24.5 Å². The molecule has 0 bridgehead atoms. The van der Waals surface area contributed by atoms with Crippen molar-refractivity contribution in [3.8, 4) is 5.75 Å². The molecule has 0 aliphatic carbocycles. The third-order valence-electron chi connectivity index (χ3n) is 3.16. The maximum Gasteiger partial charge on any atom is 0.119 e. The molecule has 2 aromatic rings. The van der Waals surface area contributed by atoms with Crippen LogP contribution in [-0.2, 0) is 13.1 Å². The van der Waals surface area contributed by atoms with Gasteiger partial charge in [0.1, 0.15) is 5.75 Å². The summed E-state index contributed by atoms with van der Waals surface area (Å²) in [7, 11) is 4.17. The van der Waals surface area contributed by atoms with Crippen molar-refractivity contribution >= 4 is 5.69 Å². The molecule has 0 fully saturated rings. The fourth-order valence-corrected chi connectivity index (χ4v) is 2.22. The van der Waals surface area contributed by atoms with Crippen LogP contribution in [0.4, 0.5) is 5.69 Å². The summed E-state index contributed by atoms with van der Waals surface area (Å²) < 4.78 is 5.45. The van der Waals surface area contributed by atoms with Gasteiger partial charge >= 0.3 is 0 Å². The molecule has 0 spiro atoms. The summed E-state index contributed by atoms with van der Waals surface area (Å²) in [5.74, 6) is 0.925. The highest BCUT2D eigenvalue weighted by Crippen LogP contribution is 2.15. The molecule has 112 valence electrons. The maximum atomic E-state index is 5.45. The van der Waals surface area contributed by atoms with E-state index >= 15 is 0 Å². The molecule has 0 amide bonds. The zero-order valence-electron chi connectivity index (χ0n) is 13.1. The Bertz CT molecular complexity index is 549. The number of benzene rings is 2. The number of hydrogen-bond donors (Lipinski definition) is 1. The zero-order chi connectivity index (χ0) is 15.1. The third-order valence-corrected chi connectivity index (χ3v) is 3.16. The summed E-state index contributed by atoms with van der Waals surface area (Å²) in [5, 5.41) is 3.47. The van der Waals surface area contributed by atoms with Gasteiger partial charge in [-0.1, -0.05) is 24.3 Å². The van der Waals surface area contributed by atoms with Crippen molar-refractivity contribution in [2.45, 2.75) is 20.0 Å². The zero-order valence-corrected chi connectivity index (χ0v) is 13.1. The van der Waals surface area contributed by atoms with Gasteiger partial charge in [-0.15, -0.1) is 0 Å². The number of nitrogens with one attached hydrogen (secondary N) is 1. The van der Waals surface area contributed by atoms with Gasteiger partial charge in [0.25, 0.3) is 0 Å². The Labute approximate surface area is 127 Å². The van der Waals surface area contributed by atoms with Gasteiger partial charge in [-0.2, -0.15) is 0 Å². The average molecular weight is 284 g/mol. The lowest BCUT2D eigenvalue weighted by Crippen LogP contribution is -2.10. The fourth-order valence-electron chi connectivity index (χ4n) is 2.22. The highest BCUT2D eigenvalue weighted by atomic mass is 16.5. The van der Waals surface area contributed by atoms with Crippen molar-refractivity contribution in [1.82, 2.24) is 4.90 Å². The van der Waals surface area contributed by atoms with Gasteiger partial charge in [-0.25, -0.2) is 0 Å². The van der Waals surface area contributed by atoms with Gasteiger partial charge in [0.05, 0.1) is 6.61 Å². The third kappa shape index (κ3) is 5.12. The molecular formula is C18H24N2O. The SMILES string of the molecule is CCOc1ccc(CNc2cccc(CN(C)C)c2)cc1. The largest absolute Gasteiger partial charge is 0.494 e. The van der Waals surface area contributed by atoms with Gasteiger partial charge in [0.2, 0.25) is 0 Å². The quantitative estimate of drug-likeness (QED) is 0.838. The molecule has 0 saturated heterocycles. The standard InChI is InChI=1S/C18H24N2O/c1-4-21-18-10-8-15(9-11-18)13-19-17-7-5-6-16(12-17)14-20(2)3/h5-12,19H,4,13-14H2,1-3H3. The van der Waals surface area contributed by atoms with E-state index in [1.54, 1.807) is 0 Å². The van der Waals surface area contributed by atoms with E-state index in [1.165, 1.54) is 11.1 Å². The molecule has 3 heteroatoms. The minimum absolute atomic E-state index is 0.705. The van der Waals surface area contributed by atoms with E-state index in [9.17, 15) is 0 Å². The highest BCUT2D eigenvalue weighted by Gasteiger charge is 1.99. The van der Waals surface area contributed by atoms with Crippen molar-refractivity contribution in [3.05, 3.63) is 59.7 Å². The number of hydrogen-bond acceptors (Lipinski definition) is 3. The Balaban J connectivity index is 1.93. The minimum atomic E-state index is 0.705. The Morgan fingerprint density at radius 1 is 1.00 bits per heavy atom. The lowest BCUT2D eigenvalue weighted by molar-refractivity contribution is 0.340. The predicted molar refractivity (Wildman–Crippen MR) is 88.8 cm³/mol.